The average molecular weight is 383 g/mol. The van der Waals surface area contributed by atoms with Crippen LogP contribution in [0.25, 0.3) is 10.9 Å². The van der Waals surface area contributed by atoms with Gasteiger partial charge in [-0.05, 0) is 49.8 Å². The lowest BCUT2D eigenvalue weighted by Gasteiger charge is -2.21. The number of halogens is 1. The molecule has 1 aliphatic carbocycles. The lowest BCUT2D eigenvalue weighted by Crippen LogP contribution is -2.32. The van der Waals surface area contributed by atoms with E-state index in [1.165, 1.54) is 35.0 Å². The second-order valence-corrected chi connectivity index (χ2v) is 7.98. The first-order valence-corrected chi connectivity index (χ1v) is 10.3. The maximum absolute atomic E-state index is 10.7. The van der Waals surface area contributed by atoms with Crippen molar-refractivity contribution in [2.45, 2.75) is 51.3 Å². The van der Waals surface area contributed by atoms with E-state index in [0.29, 0.717) is 13.1 Å². The number of fused-ring (bicyclic) bond motifs is 3. The van der Waals surface area contributed by atoms with Crippen LogP contribution in [0.15, 0.2) is 48.5 Å². The van der Waals surface area contributed by atoms with Crippen LogP contribution in [0.2, 0.25) is 5.02 Å². The molecule has 4 rings (SSSR count). The SMILES string of the molecule is C[C@@H](NC[C@H](O)Cn1c2c(c3cccc(Cl)c31)CCCC2)c1ccccc1. The van der Waals surface area contributed by atoms with Gasteiger partial charge in [-0.25, -0.2) is 0 Å². The van der Waals surface area contributed by atoms with Crippen molar-refractivity contribution in [3.05, 3.63) is 70.4 Å². The van der Waals surface area contributed by atoms with Gasteiger partial charge in [0, 0.05) is 23.7 Å². The zero-order valence-corrected chi connectivity index (χ0v) is 16.5. The van der Waals surface area contributed by atoms with E-state index in [0.717, 1.165) is 23.4 Å². The van der Waals surface area contributed by atoms with Crippen LogP contribution in [0.5, 0.6) is 0 Å². The quantitative estimate of drug-likeness (QED) is 0.637. The zero-order chi connectivity index (χ0) is 18.8. The maximum Gasteiger partial charge on any atom is 0.0843 e. The predicted octanol–water partition coefficient (Wildman–Crippen LogP) is 4.89. The lowest BCUT2D eigenvalue weighted by molar-refractivity contribution is 0.148. The molecule has 4 heteroatoms. The molecule has 2 aromatic carbocycles. The number of nitrogens with one attached hydrogen (secondary N) is 1. The van der Waals surface area contributed by atoms with Gasteiger partial charge in [0.15, 0.2) is 0 Å². The molecule has 0 spiro atoms. The van der Waals surface area contributed by atoms with Gasteiger partial charge in [0.25, 0.3) is 0 Å². The molecule has 1 heterocycles. The first-order valence-electron chi connectivity index (χ1n) is 9.90. The number of para-hydroxylation sites is 1. The molecule has 0 unspecified atom stereocenters. The molecule has 1 aliphatic rings. The highest BCUT2D eigenvalue weighted by Gasteiger charge is 2.22. The fraction of sp³-hybridized carbons (Fsp3) is 0.391. The number of aryl methyl sites for hydroxylation is 1. The predicted molar refractivity (Wildman–Crippen MR) is 112 cm³/mol. The van der Waals surface area contributed by atoms with Gasteiger partial charge >= 0.3 is 0 Å². The highest BCUT2D eigenvalue weighted by molar-refractivity contribution is 6.35. The molecule has 142 valence electrons. The topological polar surface area (TPSA) is 37.2 Å². The van der Waals surface area contributed by atoms with Gasteiger partial charge in [0.05, 0.1) is 23.2 Å². The minimum atomic E-state index is -0.464. The van der Waals surface area contributed by atoms with Gasteiger partial charge in [0.2, 0.25) is 0 Å². The summed E-state index contributed by atoms with van der Waals surface area (Å²) >= 11 is 6.55. The number of aliphatic hydroxyl groups excluding tert-OH is 1. The second-order valence-electron chi connectivity index (χ2n) is 7.57. The Morgan fingerprint density at radius 1 is 1.07 bits per heavy atom. The summed E-state index contributed by atoms with van der Waals surface area (Å²) in [5.41, 5.74) is 5.11. The molecule has 0 saturated carbocycles. The molecule has 27 heavy (non-hydrogen) atoms. The van der Waals surface area contributed by atoms with E-state index in [4.69, 9.17) is 11.6 Å². The van der Waals surface area contributed by atoms with Crippen molar-refractivity contribution in [2.24, 2.45) is 0 Å². The zero-order valence-electron chi connectivity index (χ0n) is 15.8. The summed E-state index contributed by atoms with van der Waals surface area (Å²) in [5.74, 6) is 0. The minimum absolute atomic E-state index is 0.208. The molecule has 3 aromatic rings. The molecule has 1 aromatic heterocycles. The normalized spacial score (nSPS) is 16.3. The van der Waals surface area contributed by atoms with E-state index in [2.05, 4.69) is 35.0 Å². The Bertz CT molecular complexity index is 919. The van der Waals surface area contributed by atoms with Crippen molar-refractivity contribution < 1.29 is 5.11 Å². The summed E-state index contributed by atoms with van der Waals surface area (Å²) in [4.78, 5) is 0. The van der Waals surface area contributed by atoms with Crippen molar-refractivity contribution in [1.82, 2.24) is 9.88 Å². The summed E-state index contributed by atoms with van der Waals surface area (Å²) in [6.07, 6.45) is 4.16. The van der Waals surface area contributed by atoms with Crippen LogP contribution < -0.4 is 5.32 Å². The molecule has 2 atom stereocenters. The first kappa shape index (κ1) is 18.5. The molecule has 0 saturated heterocycles. The van der Waals surface area contributed by atoms with Crippen LogP contribution in [0.1, 0.15) is 42.6 Å². The van der Waals surface area contributed by atoms with Crippen molar-refractivity contribution >= 4 is 22.5 Å². The Hall–Kier alpha value is -1.81. The monoisotopic (exact) mass is 382 g/mol. The third kappa shape index (κ3) is 3.77. The van der Waals surface area contributed by atoms with E-state index in [9.17, 15) is 5.11 Å². The summed E-state index contributed by atoms with van der Waals surface area (Å²) in [6.45, 7) is 3.25. The Labute approximate surface area is 166 Å². The Morgan fingerprint density at radius 2 is 1.85 bits per heavy atom. The van der Waals surface area contributed by atoms with Gasteiger partial charge in [-0.2, -0.15) is 0 Å². The van der Waals surface area contributed by atoms with Crippen LogP contribution in [0.3, 0.4) is 0 Å². The Morgan fingerprint density at radius 3 is 2.67 bits per heavy atom. The lowest BCUT2D eigenvalue weighted by atomic mass is 9.95. The van der Waals surface area contributed by atoms with Gasteiger partial charge in [-0.1, -0.05) is 54.1 Å². The van der Waals surface area contributed by atoms with E-state index < -0.39 is 6.10 Å². The van der Waals surface area contributed by atoms with Gasteiger partial charge < -0.3 is 15.0 Å². The number of aromatic nitrogens is 1. The molecule has 0 aliphatic heterocycles. The summed E-state index contributed by atoms with van der Waals surface area (Å²) < 4.78 is 2.27. The van der Waals surface area contributed by atoms with E-state index in [-0.39, 0.29) is 6.04 Å². The van der Waals surface area contributed by atoms with Crippen LogP contribution in [-0.4, -0.2) is 22.3 Å². The first-order chi connectivity index (χ1) is 13.1. The molecule has 2 N–H and O–H groups in total. The third-order valence-corrected chi connectivity index (χ3v) is 6.00. The number of rotatable bonds is 6. The maximum atomic E-state index is 10.7. The van der Waals surface area contributed by atoms with Crippen molar-refractivity contribution in [2.75, 3.05) is 6.54 Å². The largest absolute Gasteiger partial charge is 0.390 e. The fourth-order valence-corrected chi connectivity index (χ4v) is 4.57. The summed E-state index contributed by atoms with van der Waals surface area (Å²) in [7, 11) is 0. The van der Waals surface area contributed by atoms with Gasteiger partial charge in [-0.3, -0.25) is 0 Å². The second kappa shape index (κ2) is 8.05. The molecular weight excluding hydrogens is 356 g/mol. The van der Waals surface area contributed by atoms with Crippen LogP contribution in [-0.2, 0) is 19.4 Å². The van der Waals surface area contributed by atoms with Crippen LogP contribution in [0, 0.1) is 0 Å². The molecular formula is C23H27ClN2O. The summed E-state index contributed by atoms with van der Waals surface area (Å²) in [5, 5.41) is 16.2. The van der Waals surface area contributed by atoms with Crippen molar-refractivity contribution in [3.63, 3.8) is 0 Å². The van der Waals surface area contributed by atoms with E-state index in [1.54, 1.807) is 0 Å². The van der Waals surface area contributed by atoms with Crippen molar-refractivity contribution in [3.8, 4) is 0 Å². The molecule has 0 fully saturated rings. The van der Waals surface area contributed by atoms with Gasteiger partial charge in [0.1, 0.15) is 0 Å². The Kier molecular flexibility index (Phi) is 5.53. The molecule has 3 nitrogen and oxygen atoms in total. The fourth-order valence-electron chi connectivity index (χ4n) is 4.29. The average Bonchev–Trinajstić information content (AvgIpc) is 3.02. The Balaban J connectivity index is 1.53. The smallest absolute Gasteiger partial charge is 0.0843 e. The van der Waals surface area contributed by atoms with Crippen molar-refractivity contribution in [1.29, 1.82) is 0 Å². The molecule has 0 amide bonds. The number of benzene rings is 2. The highest BCUT2D eigenvalue weighted by Crippen LogP contribution is 2.35. The van der Waals surface area contributed by atoms with Crippen LogP contribution in [0.4, 0.5) is 0 Å². The van der Waals surface area contributed by atoms with Crippen LogP contribution >= 0.6 is 11.6 Å². The number of hydrogen-bond donors (Lipinski definition) is 2. The van der Waals surface area contributed by atoms with Gasteiger partial charge in [-0.15, -0.1) is 0 Å². The third-order valence-electron chi connectivity index (χ3n) is 5.70. The van der Waals surface area contributed by atoms with E-state index >= 15 is 0 Å². The number of aliphatic hydroxyl groups is 1. The molecule has 0 bridgehead atoms. The summed E-state index contributed by atoms with van der Waals surface area (Å²) in [6, 6.07) is 16.7. The minimum Gasteiger partial charge on any atom is -0.390 e. The molecule has 0 radical (unpaired) electrons. The standard InChI is InChI=1S/C23H27ClN2O/c1-16(17-8-3-2-4-9-17)25-14-18(27)15-26-22-13-6-5-10-19(22)20-11-7-12-21(24)23(20)26/h2-4,7-9,11-12,16,18,25,27H,5-6,10,13-15H2,1H3/t16-,18+/m1/s1. The highest BCUT2D eigenvalue weighted by atomic mass is 35.5. The number of nitrogens with zero attached hydrogens (tertiary/aromatic N) is 1. The van der Waals surface area contributed by atoms with E-state index in [1.807, 2.05) is 30.3 Å². The number of hydrogen-bond acceptors (Lipinski definition) is 2.